The molecule has 1 aliphatic rings. The van der Waals surface area contributed by atoms with Crippen molar-refractivity contribution in [1.29, 1.82) is 0 Å². The van der Waals surface area contributed by atoms with Crippen LogP contribution in [0.3, 0.4) is 0 Å². The largest absolute Gasteiger partial charge is 0.385 e. The number of nitrogens with one attached hydrogen (secondary N) is 1. The van der Waals surface area contributed by atoms with Crippen LogP contribution in [0.4, 0.5) is 0 Å². The number of ether oxygens (including phenoxy) is 1. The second-order valence-electron chi connectivity index (χ2n) is 4.48. The van der Waals surface area contributed by atoms with Crippen LogP contribution in [0, 0.1) is 0 Å². The molecule has 3 heteroatoms. The first-order valence-corrected chi connectivity index (χ1v) is 6.25. The standard InChI is InChI=1S/C12H26N2O/c1-13-12-7-6-9-14(11-12)8-4-3-5-10-15-2/h12-13H,3-11H2,1-2H3. The van der Waals surface area contributed by atoms with Crippen molar-refractivity contribution in [2.24, 2.45) is 0 Å². The molecule has 1 saturated heterocycles. The maximum Gasteiger partial charge on any atom is 0.0462 e. The summed E-state index contributed by atoms with van der Waals surface area (Å²) in [6, 6.07) is 0.720. The quantitative estimate of drug-likeness (QED) is 0.650. The number of hydrogen-bond donors (Lipinski definition) is 1. The molecule has 1 heterocycles. The molecule has 0 spiro atoms. The van der Waals surface area contributed by atoms with Crippen LogP contribution >= 0.6 is 0 Å². The molecule has 1 unspecified atom stereocenters. The molecule has 0 aromatic rings. The van der Waals surface area contributed by atoms with Crippen LogP contribution in [-0.4, -0.2) is 51.3 Å². The highest BCUT2D eigenvalue weighted by Gasteiger charge is 2.17. The number of likely N-dealkylation sites (tertiary alicyclic amines) is 1. The molecule has 0 radical (unpaired) electrons. The molecule has 0 saturated carbocycles. The van der Waals surface area contributed by atoms with Crippen LogP contribution in [0.2, 0.25) is 0 Å². The maximum atomic E-state index is 5.04. The average Bonchev–Trinajstić information content (AvgIpc) is 2.29. The minimum absolute atomic E-state index is 0.720. The van der Waals surface area contributed by atoms with Gasteiger partial charge in [-0.25, -0.2) is 0 Å². The lowest BCUT2D eigenvalue weighted by atomic mass is 10.1. The lowest BCUT2D eigenvalue weighted by Crippen LogP contribution is -2.44. The van der Waals surface area contributed by atoms with Crippen molar-refractivity contribution in [1.82, 2.24) is 10.2 Å². The summed E-state index contributed by atoms with van der Waals surface area (Å²) in [6.45, 7) is 4.71. The Morgan fingerprint density at radius 2 is 2.20 bits per heavy atom. The first-order chi connectivity index (χ1) is 7.36. The van der Waals surface area contributed by atoms with Crippen LogP contribution in [0.15, 0.2) is 0 Å². The van der Waals surface area contributed by atoms with Crippen molar-refractivity contribution in [3.05, 3.63) is 0 Å². The number of methoxy groups -OCH3 is 1. The fourth-order valence-electron chi connectivity index (χ4n) is 2.25. The van der Waals surface area contributed by atoms with Crippen molar-refractivity contribution in [2.75, 3.05) is 40.4 Å². The van der Waals surface area contributed by atoms with E-state index in [1.807, 2.05) is 0 Å². The third-order valence-corrected chi connectivity index (χ3v) is 3.24. The minimum Gasteiger partial charge on any atom is -0.385 e. The normalized spacial score (nSPS) is 23.2. The third kappa shape index (κ3) is 5.50. The van der Waals surface area contributed by atoms with Gasteiger partial charge in [0.1, 0.15) is 0 Å². The highest BCUT2D eigenvalue weighted by Crippen LogP contribution is 2.10. The zero-order chi connectivity index (χ0) is 10.9. The van der Waals surface area contributed by atoms with Gasteiger partial charge in [0.15, 0.2) is 0 Å². The van der Waals surface area contributed by atoms with Gasteiger partial charge in [0.2, 0.25) is 0 Å². The van der Waals surface area contributed by atoms with Crippen molar-refractivity contribution in [3.63, 3.8) is 0 Å². The van der Waals surface area contributed by atoms with Crippen molar-refractivity contribution in [2.45, 2.75) is 38.1 Å². The zero-order valence-corrected chi connectivity index (χ0v) is 10.3. The highest BCUT2D eigenvalue weighted by atomic mass is 16.5. The molecule has 1 N–H and O–H groups in total. The van der Waals surface area contributed by atoms with Gasteiger partial charge in [-0.2, -0.15) is 0 Å². The number of piperidine rings is 1. The van der Waals surface area contributed by atoms with Gasteiger partial charge in [-0.3, -0.25) is 0 Å². The number of hydrogen-bond acceptors (Lipinski definition) is 3. The lowest BCUT2D eigenvalue weighted by molar-refractivity contribution is 0.177. The minimum atomic E-state index is 0.720. The van der Waals surface area contributed by atoms with E-state index in [0.717, 1.165) is 12.6 Å². The lowest BCUT2D eigenvalue weighted by Gasteiger charge is -2.32. The molecule has 0 amide bonds. The topological polar surface area (TPSA) is 24.5 Å². The molecule has 1 aliphatic heterocycles. The predicted molar refractivity (Wildman–Crippen MR) is 64.2 cm³/mol. The van der Waals surface area contributed by atoms with E-state index < -0.39 is 0 Å². The van der Waals surface area contributed by atoms with Gasteiger partial charge in [-0.05, 0) is 52.2 Å². The van der Waals surface area contributed by atoms with Crippen molar-refractivity contribution < 1.29 is 4.74 Å². The molecule has 1 rings (SSSR count). The third-order valence-electron chi connectivity index (χ3n) is 3.24. The monoisotopic (exact) mass is 214 g/mol. The summed E-state index contributed by atoms with van der Waals surface area (Å²) in [5.74, 6) is 0. The average molecular weight is 214 g/mol. The molecule has 0 aromatic carbocycles. The second kappa shape index (κ2) is 8.08. The Morgan fingerprint density at radius 1 is 1.33 bits per heavy atom. The molecule has 0 aliphatic carbocycles. The van der Waals surface area contributed by atoms with Gasteiger partial charge in [-0.1, -0.05) is 0 Å². The molecule has 0 bridgehead atoms. The fourth-order valence-corrected chi connectivity index (χ4v) is 2.25. The van der Waals surface area contributed by atoms with Crippen LogP contribution in [0.25, 0.3) is 0 Å². The molecule has 1 fully saturated rings. The second-order valence-corrected chi connectivity index (χ2v) is 4.48. The van der Waals surface area contributed by atoms with E-state index in [-0.39, 0.29) is 0 Å². The number of likely N-dealkylation sites (N-methyl/N-ethyl adjacent to an activating group) is 1. The Balaban J connectivity index is 2.00. The van der Waals surface area contributed by atoms with E-state index >= 15 is 0 Å². The Kier molecular flexibility index (Phi) is 6.98. The molecular formula is C12H26N2O. The molecule has 15 heavy (non-hydrogen) atoms. The summed E-state index contributed by atoms with van der Waals surface area (Å²) in [5, 5.41) is 3.38. The summed E-state index contributed by atoms with van der Waals surface area (Å²) >= 11 is 0. The Morgan fingerprint density at radius 3 is 2.93 bits per heavy atom. The number of nitrogens with zero attached hydrogens (tertiary/aromatic N) is 1. The van der Waals surface area contributed by atoms with E-state index in [1.54, 1.807) is 7.11 Å². The molecule has 3 nitrogen and oxygen atoms in total. The maximum absolute atomic E-state index is 5.04. The predicted octanol–water partition coefficient (Wildman–Crippen LogP) is 1.49. The zero-order valence-electron chi connectivity index (χ0n) is 10.3. The van der Waals surface area contributed by atoms with Gasteiger partial charge < -0.3 is 15.0 Å². The Hall–Kier alpha value is -0.120. The van der Waals surface area contributed by atoms with E-state index in [1.165, 1.54) is 51.7 Å². The van der Waals surface area contributed by atoms with Gasteiger partial charge in [0.05, 0.1) is 0 Å². The number of unbranched alkanes of at least 4 members (excludes halogenated alkanes) is 2. The first kappa shape index (κ1) is 12.9. The SMILES string of the molecule is CNC1CCCN(CCCCCOC)C1. The summed E-state index contributed by atoms with van der Waals surface area (Å²) in [4.78, 5) is 2.59. The van der Waals surface area contributed by atoms with E-state index in [4.69, 9.17) is 4.74 Å². The van der Waals surface area contributed by atoms with Crippen LogP contribution < -0.4 is 5.32 Å². The van der Waals surface area contributed by atoms with Crippen LogP contribution in [0.5, 0.6) is 0 Å². The smallest absolute Gasteiger partial charge is 0.0462 e. The fraction of sp³-hybridized carbons (Fsp3) is 1.00. The van der Waals surface area contributed by atoms with E-state index in [0.29, 0.717) is 0 Å². The first-order valence-electron chi connectivity index (χ1n) is 6.25. The van der Waals surface area contributed by atoms with Crippen molar-refractivity contribution >= 4 is 0 Å². The molecular weight excluding hydrogens is 188 g/mol. The molecule has 1 atom stereocenters. The summed E-state index contributed by atoms with van der Waals surface area (Å²) in [5.41, 5.74) is 0. The van der Waals surface area contributed by atoms with Crippen molar-refractivity contribution in [3.8, 4) is 0 Å². The van der Waals surface area contributed by atoms with Crippen LogP contribution in [-0.2, 0) is 4.74 Å². The van der Waals surface area contributed by atoms with Crippen LogP contribution in [0.1, 0.15) is 32.1 Å². The van der Waals surface area contributed by atoms with Gasteiger partial charge in [-0.15, -0.1) is 0 Å². The van der Waals surface area contributed by atoms with Gasteiger partial charge in [0, 0.05) is 26.3 Å². The molecule has 90 valence electrons. The summed E-state index contributed by atoms with van der Waals surface area (Å²) in [7, 11) is 3.86. The number of rotatable bonds is 7. The van der Waals surface area contributed by atoms with E-state index in [2.05, 4.69) is 17.3 Å². The van der Waals surface area contributed by atoms with Gasteiger partial charge >= 0.3 is 0 Å². The summed E-state index contributed by atoms with van der Waals surface area (Å²) < 4.78 is 5.04. The summed E-state index contributed by atoms with van der Waals surface area (Å²) in [6.07, 6.45) is 6.52. The highest BCUT2D eigenvalue weighted by molar-refractivity contribution is 4.76. The van der Waals surface area contributed by atoms with E-state index in [9.17, 15) is 0 Å². The van der Waals surface area contributed by atoms with Gasteiger partial charge in [0.25, 0.3) is 0 Å². The Labute approximate surface area is 94.2 Å². The molecule has 0 aromatic heterocycles. The Bertz CT molecular complexity index is 153.